The number of hydrogen-bond donors (Lipinski definition) is 1. The van der Waals surface area contributed by atoms with Crippen LogP contribution in [0.5, 0.6) is 5.75 Å². The molecule has 25 heavy (non-hydrogen) atoms. The quantitative estimate of drug-likeness (QED) is 0.937. The average Bonchev–Trinajstić information content (AvgIpc) is 3.25. The first-order valence-electron chi connectivity index (χ1n) is 8.89. The molecule has 0 radical (unpaired) electrons. The van der Waals surface area contributed by atoms with Crippen LogP contribution >= 0.6 is 0 Å². The van der Waals surface area contributed by atoms with Gasteiger partial charge in [-0.3, -0.25) is 4.79 Å². The van der Waals surface area contributed by atoms with E-state index in [2.05, 4.69) is 18.2 Å². The lowest BCUT2D eigenvalue weighted by molar-refractivity contribution is -0.135. The van der Waals surface area contributed by atoms with Crippen molar-refractivity contribution >= 4 is 5.91 Å². The Bertz CT molecular complexity index is 777. The molecule has 1 heterocycles. The molecule has 1 fully saturated rings. The number of likely N-dealkylation sites (tertiary alicyclic amines) is 1. The van der Waals surface area contributed by atoms with Crippen LogP contribution in [0.1, 0.15) is 29.0 Å². The molecule has 1 amide bonds. The molecule has 0 saturated carbocycles. The molecule has 0 spiro atoms. The van der Waals surface area contributed by atoms with E-state index in [-0.39, 0.29) is 5.91 Å². The van der Waals surface area contributed by atoms with E-state index >= 15 is 0 Å². The van der Waals surface area contributed by atoms with E-state index in [1.54, 1.807) is 7.11 Å². The molecular formula is C21H24N2O2. The zero-order valence-corrected chi connectivity index (χ0v) is 14.6. The minimum absolute atomic E-state index is 0.0843. The molecule has 1 saturated heterocycles. The van der Waals surface area contributed by atoms with Crippen molar-refractivity contribution < 1.29 is 9.53 Å². The second-order valence-corrected chi connectivity index (χ2v) is 7.26. The smallest absolute Gasteiger partial charge is 0.243 e. The summed E-state index contributed by atoms with van der Waals surface area (Å²) in [5.41, 5.74) is 9.36. The largest absolute Gasteiger partial charge is 0.496 e. The first kappa shape index (κ1) is 16.2. The SMILES string of the molecule is COc1ccccc1C1CCN(C(=O)C2(N)Cc3ccccc3C2)C1. The molecule has 2 aromatic rings. The van der Waals surface area contributed by atoms with Crippen molar-refractivity contribution in [3.63, 3.8) is 0 Å². The third-order valence-electron chi connectivity index (χ3n) is 5.61. The van der Waals surface area contributed by atoms with Crippen molar-refractivity contribution in [3.05, 3.63) is 65.2 Å². The Morgan fingerprint density at radius 2 is 1.76 bits per heavy atom. The van der Waals surface area contributed by atoms with Gasteiger partial charge in [-0.25, -0.2) is 0 Å². The van der Waals surface area contributed by atoms with Gasteiger partial charge in [-0.15, -0.1) is 0 Å². The molecule has 1 aliphatic carbocycles. The summed E-state index contributed by atoms with van der Waals surface area (Å²) < 4.78 is 5.49. The van der Waals surface area contributed by atoms with Crippen molar-refractivity contribution in [1.29, 1.82) is 0 Å². The number of ether oxygens (including phenoxy) is 1. The first-order valence-corrected chi connectivity index (χ1v) is 8.89. The molecule has 4 nitrogen and oxygen atoms in total. The lowest BCUT2D eigenvalue weighted by Crippen LogP contribution is -2.55. The van der Waals surface area contributed by atoms with Crippen LogP contribution in [0.25, 0.3) is 0 Å². The third-order valence-corrected chi connectivity index (χ3v) is 5.61. The van der Waals surface area contributed by atoms with Crippen LogP contribution in [0.4, 0.5) is 0 Å². The number of fused-ring (bicyclic) bond motifs is 1. The average molecular weight is 336 g/mol. The monoisotopic (exact) mass is 336 g/mol. The van der Waals surface area contributed by atoms with Crippen molar-refractivity contribution in [2.75, 3.05) is 20.2 Å². The molecule has 2 aromatic carbocycles. The molecule has 1 unspecified atom stereocenters. The summed E-state index contributed by atoms with van der Waals surface area (Å²) >= 11 is 0. The number of nitrogens with two attached hydrogens (primary N) is 1. The van der Waals surface area contributed by atoms with E-state index in [0.29, 0.717) is 25.3 Å². The predicted molar refractivity (Wildman–Crippen MR) is 97.7 cm³/mol. The van der Waals surface area contributed by atoms with Crippen LogP contribution in [0.3, 0.4) is 0 Å². The zero-order valence-electron chi connectivity index (χ0n) is 14.6. The number of carbonyl (C=O) groups is 1. The highest BCUT2D eigenvalue weighted by atomic mass is 16.5. The maximum Gasteiger partial charge on any atom is 0.243 e. The Balaban J connectivity index is 1.50. The Morgan fingerprint density at radius 1 is 1.12 bits per heavy atom. The summed E-state index contributed by atoms with van der Waals surface area (Å²) in [7, 11) is 1.70. The van der Waals surface area contributed by atoms with Gasteiger partial charge < -0.3 is 15.4 Å². The minimum Gasteiger partial charge on any atom is -0.496 e. The number of rotatable bonds is 3. The molecular weight excluding hydrogens is 312 g/mol. The number of amides is 1. The molecule has 2 N–H and O–H groups in total. The second-order valence-electron chi connectivity index (χ2n) is 7.26. The molecule has 0 aromatic heterocycles. The summed E-state index contributed by atoms with van der Waals surface area (Å²) in [4.78, 5) is 15.1. The summed E-state index contributed by atoms with van der Waals surface area (Å²) in [6.07, 6.45) is 2.23. The van der Waals surface area contributed by atoms with Crippen LogP contribution in [0.2, 0.25) is 0 Å². The van der Waals surface area contributed by atoms with Gasteiger partial charge in [-0.1, -0.05) is 42.5 Å². The van der Waals surface area contributed by atoms with E-state index in [0.717, 1.165) is 18.7 Å². The number of hydrogen-bond acceptors (Lipinski definition) is 3. The fraction of sp³-hybridized carbons (Fsp3) is 0.381. The van der Waals surface area contributed by atoms with E-state index in [9.17, 15) is 4.79 Å². The predicted octanol–water partition coefficient (Wildman–Crippen LogP) is 2.51. The van der Waals surface area contributed by atoms with Gasteiger partial charge in [0, 0.05) is 19.0 Å². The van der Waals surface area contributed by atoms with E-state index in [1.165, 1.54) is 16.7 Å². The topological polar surface area (TPSA) is 55.6 Å². The molecule has 130 valence electrons. The standard InChI is InChI=1S/C21H24N2O2/c1-25-19-9-5-4-8-18(19)17-10-11-23(14-17)20(24)21(22)12-15-6-2-3-7-16(15)13-21/h2-9,17H,10-14,22H2,1H3. The highest BCUT2D eigenvalue weighted by Crippen LogP contribution is 2.36. The van der Waals surface area contributed by atoms with Crippen LogP contribution in [-0.4, -0.2) is 36.5 Å². The summed E-state index contributed by atoms with van der Waals surface area (Å²) in [5.74, 6) is 1.30. The number of methoxy groups -OCH3 is 1. The Kier molecular flexibility index (Phi) is 4.00. The van der Waals surface area contributed by atoms with Crippen LogP contribution in [0.15, 0.2) is 48.5 Å². The Hall–Kier alpha value is -2.33. The van der Waals surface area contributed by atoms with E-state index in [4.69, 9.17) is 10.5 Å². The molecule has 2 aliphatic rings. The van der Waals surface area contributed by atoms with Gasteiger partial charge in [0.1, 0.15) is 11.3 Å². The first-order chi connectivity index (χ1) is 12.1. The highest BCUT2D eigenvalue weighted by Gasteiger charge is 2.44. The number of carbonyl (C=O) groups excluding carboxylic acids is 1. The van der Waals surface area contributed by atoms with Crippen LogP contribution < -0.4 is 10.5 Å². The highest BCUT2D eigenvalue weighted by molar-refractivity contribution is 5.88. The van der Waals surface area contributed by atoms with Gasteiger partial charge in [-0.2, -0.15) is 0 Å². The van der Waals surface area contributed by atoms with Crippen molar-refractivity contribution in [1.82, 2.24) is 4.90 Å². The summed E-state index contributed by atoms with van der Waals surface area (Å²) in [5, 5.41) is 0. The molecule has 4 rings (SSSR count). The molecule has 1 atom stereocenters. The normalized spacial score (nSPS) is 21.2. The maximum atomic E-state index is 13.1. The van der Waals surface area contributed by atoms with Gasteiger partial charge in [0.25, 0.3) is 0 Å². The fourth-order valence-corrected chi connectivity index (χ4v) is 4.31. The lowest BCUT2D eigenvalue weighted by atomic mass is 9.95. The minimum atomic E-state index is -0.792. The Labute approximate surface area is 148 Å². The number of para-hydroxylation sites is 1. The molecule has 0 bridgehead atoms. The Morgan fingerprint density at radius 3 is 2.44 bits per heavy atom. The fourth-order valence-electron chi connectivity index (χ4n) is 4.31. The maximum absolute atomic E-state index is 13.1. The summed E-state index contributed by atoms with van der Waals surface area (Å²) in [6.45, 7) is 1.48. The number of benzene rings is 2. The molecule has 4 heteroatoms. The van der Waals surface area contributed by atoms with Crippen LogP contribution in [-0.2, 0) is 17.6 Å². The number of nitrogens with zero attached hydrogens (tertiary/aromatic N) is 1. The van der Waals surface area contributed by atoms with Gasteiger partial charge in [-0.05, 0) is 42.0 Å². The van der Waals surface area contributed by atoms with E-state index < -0.39 is 5.54 Å². The van der Waals surface area contributed by atoms with Crippen LogP contribution in [0, 0.1) is 0 Å². The van der Waals surface area contributed by atoms with Crippen molar-refractivity contribution in [3.8, 4) is 5.75 Å². The van der Waals surface area contributed by atoms with Gasteiger partial charge >= 0.3 is 0 Å². The van der Waals surface area contributed by atoms with Gasteiger partial charge in [0.15, 0.2) is 0 Å². The van der Waals surface area contributed by atoms with E-state index in [1.807, 2.05) is 35.2 Å². The third kappa shape index (κ3) is 2.81. The summed E-state index contributed by atoms with van der Waals surface area (Å²) in [6, 6.07) is 16.3. The second kappa shape index (κ2) is 6.19. The van der Waals surface area contributed by atoms with Crippen molar-refractivity contribution in [2.45, 2.75) is 30.7 Å². The van der Waals surface area contributed by atoms with Gasteiger partial charge in [0.05, 0.1) is 7.11 Å². The van der Waals surface area contributed by atoms with Crippen molar-refractivity contribution in [2.24, 2.45) is 5.73 Å². The zero-order chi connectivity index (χ0) is 17.4. The molecule has 1 aliphatic heterocycles. The lowest BCUT2D eigenvalue weighted by Gasteiger charge is -2.29. The van der Waals surface area contributed by atoms with Gasteiger partial charge in [0.2, 0.25) is 5.91 Å².